The van der Waals surface area contributed by atoms with Gasteiger partial charge < -0.3 is 44.6 Å². The molecule has 1 unspecified atom stereocenters. The summed E-state index contributed by atoms with van der Waals surface area (Å²) in [5.41, 5.74) is 0.805. The van der Waals surface area contributed by atoms with Crippen molar-refractivity contribution in [2.45, 2.75) is 30.8 Å². The number of fused-ring (bicyclic) bond motifs is 1. The average Bonchev–Trinajstić information content (AvgIpc) is 3.28. The highest BCUT2D eigenvalue weighted by Gasteiger charge is 2.56. The fourth-order valence-corrected chi connectivity index (χ4v) is 6.52. The molecule has 19 heteroatoms. The van der Waals surface area contributed by atoms with E-state index in [-0.39, 0.29) is 23.3 Å². The summed E-state index contributed by atoms with van der Waals surface area (Å²) in [5, 5.41) is 39.1. The van der Waals surface area contributed by atoms with E-state index in [1.54, 1.807) is 24.3 Å². The van der Waals surface area contributed by atoms with Crippen LogP contribution in [0.2, 0.25) is 10.3 Å². The van der Waals surface area contributed by atoms with Crippen LogP contribution in [0.25, 0.3) is 11.0 Å². The predicted octanol–water partition coefficient (Wildman–Crippen LogP) is 1.02. The second-order valence-corrected chi connectivity index (χ2v) is 12.8. The summed E-state index contributed by atoms with van der Waals surface area (Å²) in [6, 6.07) is 7.10. The standard InChI is InChI=1S/C18H21Cl2N5O10P2/c19-11-4-2-1-3-9(11)5-21-14-10-6-22-25(15(10)24-17(20)23-14)16-13(26)18(27,28)12(35-16)7-34-37(32,33)8-36(29,30)31/h1-4,6,12-13,16,26-28H,5,7-8H2,(H,32,33)(H,21,23,24)(H2,29,30,31)/t12-,13+,16-/m1/s1. The number of aliphatic hydroxyl groups excluding tert-OH is 1. The van der Waals surface area contributed by atoms with E-state index < -0.39 is 51.9 Å². The number of rotatable bonds is 9. The lowest BCUT2D eigenvalue weighted by atomic mass is 10.1. The summed E-state index contributed by atoms with van der Waals surface area (Å²) in [7, 11) is -9.75. The molecule has 0 aliphatic carbocycles. The Morgan fingerprint density at radius 3 is 2.54 bits per heavy atom. The highest BCUT2D eigenvalue weighted by molar-refractivity contribution is 7.70. The van der Waals surface area contributed by atoms with E-state index in [1.165, 1.54) is 6.20 Å². The van der Waals surface area contributed by atoms with Crippen molar-refractivity contribution in [1.29, 1.82) is 0 Å². The van der Waals surface area contributed by atoms with Crippen molar-refractivity contribution in [3.05, 3.63) is 46.3 Å². The SMILES string of the molecule is O=P(O)(O)CP(=O)(O)OC[C@H]1O[C@@H](n2ncc3c(NCc4ccccc4Cl)nc(Cl)nc32)[C@H](O)C1(O)O. The Bertz CT molecular complexity index is 1400. The van der Waals surface area contributed by atoms with Gasteiger partial charge >= 0.3 is 15.2 Å². The Balaban J connectivity index is 1.57. The zero-order valence-electron chi connectivity index (χ0n) is 18.5. The third-order valence-electron chi connectivity index (χ3n) is 5.35. The van der Waals surface area contributed by atoms with Gasteiger partial charge in [0.15, 0.2) is 23.9 Å². The lowest BCUT2D eigenvalue weighted by Gasteiger charge is -2.25. The molecule has 0 spiro atoms. The van der Waals surface area contributed by atoms with Crippen LogP contribution in [-0.2, 0) is 24.9 Å². The number of benzene rings is 1. The molecule has 0 radical (unpaired) electrons. The van der Waals surface area contributed by atoms with Gasteiger partial charge in [0.2, 0.25) is 11.1 Å². The molecule has 15 nitrogen and oxygen atoms in total. The van der Waals surface area contributed by atoms with Gasteiger partial charge in [0, 0.05) is 11.6 Å². The van der Waals surface area contributed by atoms with Crippen LogP contribution in [0.5, 0.6) is 0 Å². The minimum atomic E-state index is -4.92. The minimum absolute atomic E-state index is 0.0393. The maximum absolute atomic E-state index is 11.9. The molecule has 1 saturated heterocycles. The number of hydrogen-bond acceptors (Lipinski definition) is 11. The number of aliphatic hydroxyl groups is 3. The summed E-state index contributed by atoms with van der Waals surface area (Å²) in [6.07, 6.45) is -4.14. The number of anilines is 1. The molecule has 4 rings (SSSR count). The van der Waals surface area contributed by atoms with Crippen molar-refractivity contribution in [1.82, 2.24) is 19.7 Å². The Hall–Kier alpha value is -1.71. The van der Waals surface area contributed by atoms with Crippen LogP contribution in [0, 0.1) is 0 Å². The fraction of sp³-hybridized carbons (Fsp3) is 0.389. The molecule has 202 valence electrons. The molecule has 3 heterocycles. The topological polar surface area (TPSA) is 230 Å². The Kier molecular flexibility index (Phi) is 8.00. The first-order valence-corrected chi connectivity index (χ1v) is 14.7. The van der Waals surface area contributed by atoms with E-state index in [0.29, 0.717) is 10.4 Å². The van der Waals surface area contributed by atoms with Crippen LogP contribution in [-0.4, -0.2) is 80.3 Å². The number of hydrogen-bond donors (Lipinski definition) is 7. The molecule has 1 aliphatic heterocycles. The average molecular weight is 600 g/mol. The van der Waals surface area contributed by atoms with Gasteiger partial charge in [-0.1, -0.05) is 29.8 Å². The van der Waals surface area contributed by atoms with Gasteiger partial charge in [-0.15, -0.1) is 0 Å². The summed E-state index contributed by atoms with van der Waals surface area (Å²) in [6.45, 7) is -0.741. The predicted molar refractivity (Wildman–Crippen MR) is 129 cm³/mol. The third-order valence-corrected chi connectivity index (χ3v) is 9.34. The molecular formula is C18H21Cl2N5O10P2. The number of aromatic nitrogens is 4. The second kappa shape index (κ2) is 10.5. The van der Waals surface area contributed by atoms with Gasteiger partial charge in [-0.2, -0.15) is 15.1 Å². The fourth-order valence-electron chi connectivity index (χ4n) is 3.60. The van der Waals surface area contributed by atoms with E-state index in [0.717, 1.165) is 10.2 Å². The third kappa shape index (κ3) is 6.31. The van der Waals surface area contributed by atoms with E-state index in [1.807, 2.05) is 0 Å². The van der Waals surface area contributed by atoms with E-state index >= 15 is 0 Å². The maximum Gasteiger partial charge on any atom is 0.340 e. The minimum Gasteiger partial charge on any atom is -0.383 e. The van der Waals surface area contributed by atoms with E-state index in [2.05, 4.69) is 24.9 Å². The number of halogens is 2. The normalized spacial score (nSPS) is 23.3. The van der Waals surface area contributed by atoms with Gasteiger partial charge in [0.1, 0.15) is 11.9 Å². The molecule has 7 N–H and O–H groups in total. The monoisotopic (exact) mass is 599 g/mol. The number of nitrogens with zero attached hydrogens (tertiary/aromatic N) is 4. The van der Waals surface area contributed by atoms with Crippen LogP contribution < -0.4 is 5.32 Å². The first-order chi connectivity index (χ1) is 17.2. The smallest absolute Gasteiger partial charge is 0.340 e. The molecule has 1 aromatic carbocycles. The Labute approximate surface area is 218 Å². The summed E-state index contributed by atoms with van der Waals surface area (Å²) >= 11 is 12.3. The van der Waals surface area contributed by atoms with Gasteiger partial charge in [-0.3, -0.25) is 9.13 Å². The molecule has 1 aliphatic rings. The zero-order chi connectivity index (χ0) is 27.2. The van der Waals surface area contributed by atoms with Crippen molar-refractivity contribution in [3.63, 3.8) is 0 Å². The number of ether oxygens (including phenoxy) is 1. The lowest BCUT2D eigenvalue weighted by Crippen LogP contribution is -2.49. The first-order valence-electron chi connectivity index (χ1n) is 10.4. The molecule has 2 aromatic heterocycles. The molecule has 0 amide bonds. The lowest BCUT2D eigenvalue weighted by molar-refractivity contribution is -0.234. The van der Waals surface area contributed by atoms with Gasteiger partial charge in [-0.25, -0.2) is 4.68 Å². The van der Waals surface area contributed by atoms with Gasteiger partial charge in [0.25, 0.3) is 0 Å². The van der Waals surface area contributed by atoms with Crippen LogP contribution in [0.4, 0.5) is 5.82 Å². The van der Waals surface area contributed by atoms with Crippen LogP contribution in [0.1, 0.15) is 11.8 Å². The highest BCUT2D eigenvalue weighted by Crippen LogP contribution is 2.55. The molecular weight excluding hydrogens is 579 g/mol. The van der Waals surface area contributed by atoms with Crippen LogP contribution in [0.3, 0.4) is 0 Å². The molecule has 0 saturated carbocycles. The highest BCUT2D eigenvalue weighted by atomic mass is 35.5. The van der Waals surface area contributed by atoms with Crippen LogP contribution >= 0.6 is 38.4 Å². The van der Waals surface area contributed by atoms with Crippen molar-refractivity contribution >= 4 is 55.2 Å². The molecule has 37 heavy (non-hydrogen) atoms. The summed E-state index contributed by atoms with van der Waals surface area (Å²) in [5.74, 6) is -4.25. The van der Waals surface area contributed by atoms with Crippen LogP contribution in [0.15, 0.2) is 30.5 Å². The molecule has 4 atom stereocenters. The van der Waals surface area contributed by atoms with Crippen molar-refractivity contribution < 1.29 is 48.4 Å². The first kappa shape index (κ1) is 28.3. The van der Waals surface area contributed by atoms with Gasteiger partial charge in [0.05, 0.1) is 18.2 Å². The van der Waals surface area contributed by atoms with Crippen molar-refractivity contribution in [2.24, 2.45) is 0 Å². The molecule has 3 aromatic rings. The summed E-state index contributed by atoms with van der Waals surface area (Å²) in [4.78, 5) is 35.7. The maximum atomic E-state index is 11.9. The quantitative estimate of drug-likeness (QED) is 0.103. The van der Waals surface area contributed by atoms with Gasteiger partial charge in [-0.05, 0) is 23.2 Å². The Morgan fingerprint density at radius 2 is 1.86 bits per heavy atom. The zero-order valence-corrected chi connectivity index (χ0v) is 21.8. The Morgan fingerprint density at radius 1 is 1.16 bits per heavy atom. The second-order valence-electron chi connectivity index (χ2n) is 8.10. The van der Waals surface area contributed by atoms with Crippen molar-refractivity contribution in [3.8, 4) is 0 Å². The molecule has 0 bridgehead atoms. The largest absolute Gasteiger partial charge is 0.383 e. The molecule has 1 fully saturated rings. The number of nitrogens with one attached hydrogen (secondary N) is 1. The summed E-state index contributed by atoms with van der Waals surface area (Å²) < 4.78 is 34.0. The van der Waals surface area contributed by atoms with E-state index in [9.17, 15) is 29.3 Å². The van der Waals surface area contributed by atoms with E-state index in [4.69, 9.17) is 37.7 Å². The van der Waals surface area contributed by atoms with Crippen molar-refractivity contribution in [2.75, 3.05) is 17.8 Å².